The molecule has 1 aromatic rings. The van der Waals surface area contributed by atoms with Gasteiger partial charge in [0.2, 0.25) is 10.0 Å². The molecule has 1 aromatic carbocycles. The monoisotopic (exact) mass is 267 g/mol. The third-order valence-corrected chi connectivity index (χ3v) is 5.83. The number of sulfonamides is 1. The predicted molar refractivity (Wildman–Crippen MR) is 73.1 cm³/mol. The van der Waals surface area contributed by atoms with Crippen LogP contribution in [-0.2, 0) is 10.0 Å². The molecule has 100 valence electrons. The van der Waals surface area contributed by atoms with Crippen molar-refractivity contribution >= 4 is 10.0 Å². The molecule has 1 fully saturated rings. The van der Waals surface area contributed by atoms with Crippen LogP contribution in [0.3, 0.4) is 0 Å². The highest BCUT2D eigenvalue weighted by molar-refractivity contribution is 7.89. The van der Waals surface area contributed by atoms with E-state index in [1.54, 1.807) is 10.4 Å². The number of aryl methyl sites for hydroxylation is 2. The lowest BCUT2D eigenvalue weighted by molar-refractivity contribution is 0.268. The van der Waals surface area contributed by atoms with Gasteiger partial charge < -0.3 is 0 Å². The zero-order valence-electron chi connectivity index (χ0n) is 11.3. The van der Waals surface area contributed by atoms with Crippen LogP contribution in [0, 0.1) is 13.8 Å². The Labute approximate surface area is 110 Å². The van der Waals surface area contributed by atoms with Gasteiger partial charge in [-0.25, -0.2) is 8.42 Å². The summed E-state index contributed by atoms with van der Waals surface area (Å²) in [7, 11) is -3.33. The number of nitrogens with zero attached hydrogens (tertiary/aromatic N) is 1. The smallest absolute Gasteiger partial charge is 0.207 e. The Morgan fingerprint density at radius 2 is 1.94 bits per heavy atom. The van der Waals surface area contributed by atoms with Gasteiger partial charge in [-0.2, -0.15) is 4.31 Å². The molecule has 0 spiro atoms. The summed E-state index contributed by atoms with van der Waals surface area (Å²) in [6.07, 6.45) is 3.05. The molecule has 1 saturated heterocycles. The third-order valence-electron chi connectivity index (χ3n) is 3.66. The second-order valence-corrected chi connectivity index (χ2v) is 7.09. The average molecular weight is 267 g/mol. The van der Waals surface area contributed by atoms with Crippen LogP contribution in [0.5, 0.6) is 0 Å². The Morgan fingerprint density at radius 3 is 2.56 bits per heavy atom. The Kier molecular flexibility index (Phi) is 3.78. The van der Waals surface area contributed by atoms with E-state index in [9.17, 15) is 8.42 Å². The lowest BCUT2D eigenvalue weighted by Crippen LogP contribution is -2.42. The molecule has 3 nitrogen and oxygen atoms in total. The summed E-state index contributed by atoms with van der Waals surface area (Å²) < 4.78 is 27.0. The van der Waals surface area contributed by atoms with Crippen molar-refractivity contribution in [2.24, 2.45) is 0 Å². The van der Waals surface area contributed by atoms with E-state index in [1.165, 1.54) is 0 Å². The van der Waals surface area contributed by atoms with Crippen LogP contribution in [0.25, 0.3) is 0 Å². The number of hydrogen-bond donors (Lipinski definition) is 0. The molecule has 1 atom stereocenters. The van der Waals surface area contributed by atoms with Gasteiger partial charge in [0.05, 0.1) is 4.90 Å². The minimum absolute atomic E-state index is 0.115. The Balaban J connectivity index is 2.41. The maximum absolute atomic E-state index is 12.7. The van der Waals surface area contributed by atoms with E-state index >= 15 is 0 Å². The van der Waals surface area contributed by atoms with Crippen molar-refractivity contribution in [1.29, 1.82) is 0 Å². The molecule has 4 heteroatoms. The van der Waals surface area contributed by atoms with Crippen molar-refractivity contribution in [3.05, 3.63) is 29.3 Å². The van der Waals surface area contributed by atoms with Gasteiger partial charge in [0, 0.05) is 12.6 Å². The van der Waals surface area contributed by atoms with Crippen LogP contribution in [0.1, 0.15) is 37.3 Å². The molecule has 0 saturated carbocycles. The van der Waals surface area contributed by atoms with Gasteiger partial charge in [0.1, 0.15) is 0 Å². The van der Waals surface area contributed by atoms with E-state index in [0.717, 1.165) is 30.4 Å². The lowest BCUT2D eigenvalue weighted by Gasteiger charge is -2.32. The van der Waals surface area contributed by atoms with Crippen molar-refractivity contribution in [2.45, 2.75) is 51.0 Å². The van der Waals surface area contributed by atoms with Crippen molar-refractivity contribution in [3.8, 4) is 0 Å². The highest BCUT2D eigenvalue weighted by Crippen LogP contribution is 2.27. The molecular formula is C14H21NO2S. The first-order chi connectivity index (χ1) is 8.43. The van der Waals surface area contributed by atoms with E-state index in [-0.39, 0.29) is 6.04 Å². The molecule has 0 unspecified atom stereocenters. The van der Waals surface area contributed by atoms with Crippen LogP contribution in [0.15, 0.2) is 23.1 Å². The Bertz CT molecular complexity index is 537. The fourth-order valence-electron chi connectivity index (χ4n) is 2.64. The predicted octanol–water partition coefficient (Wildman–Crippen LogP) is 2.87. The van der Waals surface area contributed by atoms with E-state index < -0.39 is 10.0 Å². The summed E-state index contributed by atoms with van der Waals surface area (Å²) in [6.45, 7) is 6.50. The van der Waals surface area contributed by atoms with Gasteiger partial charge in [-0.15, -0.1) is 0 Å². The molecule has 1 aliphatic heterocycles. The molecular weight excluding hydrogens is 246 g/mol. The van der Waals surface area contributed by atoms with Crippen LogP contribution in [0.4, 0.5) is 0 Å². The fraction of sp³-hybridized carbons (Fsp3) is 0.571. The highest BCUT2D eigenvalue weighted by Gasteiger charge is 2.31. The minimum atomic E-state index is -3.33. The molecule has 0 aliphatic carbocycles. The van der Waals surface area contributed by atoms with Crippen molar-refractivity contribution in [2.75, 3.05) is 6.54 Å². The Morgan fingerprint density at radius 1 is 1.22 bits per heavy atom. The van der Waals surface area contributed by atoms with Gasteiger partial charge in [0.15, 0.2) is 0 Å². The van der Waals surface area contributed by atoms with Gasteiger partial charge in [-0.3, -0.25) is 0 Å². The quantitative estimate of drug-likeness (QED) is 0.826. The minimum Gasteiger partial charge on any atom is -0.207 e. The molecule has 0 amide bonds. The van der Waals surface area contributed by atoms with Gasteiger partial charge in [-0.1, -0.05) is 24.1 Å². The summed E-state index contributed by atoms with van der Waals surface area (Å²) >= 11 is 0. The van der Waals surface area contributed by atoms with E-state index in [4.69, 9.17) is 0 Å². The Hall–Kier alpha value is -0.870. The number of piperidine rings is 1. The van der Waals surface area contributed by atoms with Crippen molar-refractivity contribution in [3.63, 3.8) is 0 Å². The first kappa shape index (κ1) is 13.6. The summed E-state index contributed by atoms with van der Waals surface area (Å²) in [6, 6.07) is 5.65. The molecule has 0 aromatic heterocycles. The van der Waals surface area contributed by atoms with E-state index in [1.807, 2.05) is 32.9 Å². The second kappa shape index (κ2) is 5.02. The molecule has 0 radical (unpaired) electrons. The standard InChI is InChI=1S/C14H21NO2S/c1-11-7-8-14(12(2)10-11)18(16,17)15-9-5-4-6-13(15)3/h7-8,10,13H,4-6,9H2,1-3H3/t13-/m1/s1. The van der Waals surface area contributed by atoms with Crippen LogP contribution < -0.4 is 0 Å². The lowest BCUT2D eigenvalue weighted by atomic mass is 10.1. The molecule has 2 rings (SSSR count). The zero-order valence-corrected chi connectivity index (χ0v) is 12.1. The largest absolute Gasteiger partial charge is 0.243 e. The first-order valence-corrected chi connectivity index (χ1v) is 7.96. The van der Waals surface area contributed by atoms with Crippen LogP contribution in [0.2, 0.25) is 0 Å². The van der Waals surface area contributed by atoms with Gasteiger partial charge in [-0.05, 0) is 45.2 Å². The zero-order chi connectivity index (χ0) is 13.3. The number of hydrogen-bond acceptors (Lipinski definition) is 2. The van der Waals surface area contributed by atoms with Crippen LogP contribution in [-0.4, -0.2) is 25.3 Å². The number of benzene rings is 1. The molecule has 0 bridgehead atoms. The second-order valence-electron chi connectivity index (χ2n) is 5.23. The molecule has 0 N–H and O–H groups in total. The maximum Gasteiger partial charge on any atom is 0.243 e. The third kappa shape index (κ3) is 2.45. The van der Waals surface area contributed by atoms with E-state index in [2.05, 4.69) is 0 Å². The van der Waals surface area contributed by atoms with Crippen molar-refractivity contribution in [1.82, 2.24) is 4.31 Å². The van der Waals surface area contributed by atoms with Gasteiger partial charge in [0.25, 0.3) is 0 Å². The molecule has 18 heavy (non-hydrogen) atoms. The highest BCUT2D eigenvalue weighted by atomic mass is 32.2. The maximum atomic E-state index is 12.7. The fourth-order valence-corrected chi connectivity index (χ4v) is 4.55. The summed E-state index contributed by atoms with van der Waals surface area (Å²) in [5.41, 5.74) is 1.94. The van der Waals surface area contributed by atoms with E-state index in [0.29, 0.717) is 11.4 Å². The average Bonchev–Trinajstić information content (AvgIpc) is 2.28. The van der Waals surface area contributed by atoms with Crippen LogP contribution >= 0.6 is 0 Å². The summed E-state index contributed by atoms with van der Waals surface area (Å²) in [5, 5.41) is 0. The summed E-state index contributed by atoms with van der Waals surface area (Å²) in [5.74, 6) is 0. The van der Waals surface area contributed by atoms with Gasteiger partial charge >= 0.3 is 0 Å². The summed E-state index contributed by atoms with van der Waals surface area (Å²) in [4.78, 5) is 0.460. The normalized spacial score (nSPS) is 22.1. The first-order valence-electron chi connectivity index (χ1n) is 6.52. The van der Waals surface area contributed by atoms with Crippen molar-refractivity contribution < 1.29 is 8.42 Å². The number of rotatable bonds is 2. The molecule has 1 heterocycles. The molecule has 1 aliphatic rings. The topological polar surface area (TPSA) is 37.4 Å². The SMILES string of the molecule is Cc1ccc(S(=O)(=O)N2CCCC[C@H]2C)c(C)c1.